The fourth-order valence-electron chi connectivity index (χ4n) is 4.55. The van der Waals surface area contributed by atoms with Crippen molar-refractivity contribution in [3.63, 3.8) is 0 Å². The summed E-state index contributed by atoms with van der Waals surface area (Å²) in [5.41, 5.74) is 10.8. The Kier molecular flexibility index (Phi) is 9.38. The van der Waals surface area contributed by atoms with Crippen molar-refractivity contribution in [2.24, 2.45) is 0 Å². The molecule has 0 saturated heterocycles. The standard InChI is InChI=1S/C30H37N7O4/c1-5-6-7-25-33-26-27(29(41-19(2)3)35-34-28(26)31)37(25)18-23-10-8-21(9-11-23)16-36(30(39)40)17-22-12-14-24(15-13-22)32-20(4)38/h8-15,19H,5-7,16-18H2,1-4H3,(H2,31,34)(H,32,38)(H,39,40). The number of nitrogen functional groups attached to an aromatic ring is 1. The maximum Gasteiger partial charge on any atom is 0.407 e. The number of amides is 2. The number of hydrogen-bond acceptors (Lipinski definition) is 7. The highest BCUT2D eigenvalue weighted by Gasteiger charge is 2.21. The van der Waals surface area contributed by atoms with Gasteiger partial charge in [0.25, 0.3) is 5.88 Å². The third-order valence-corrected chi connectivity index (χ3v) is 6.50. The van der Waals surface area contributed by atoms with Gasteiger partial charge in [-0.25, -0.2) is 9.78 Å². The number of aromatic nitrogens is 4. The monoisotopic (exact) mass is 559 g/mol. The van der Waals surface area contributed by atoms with Crippen LogP contribution in [0.4, 0.5) is 16.3 Å². The van der Waals surface area contributed by atoms with Gasteiger partial charge in [-0.05, 0) is 49.1 Å². The zero-order valence-electron chi connectivity index (χ0n) is 23.9. The van der Waals surface area contributed by atoms with E-state index in [-0.39, 0.29) is 30.9 Å². The van der Waals surface area contributed by atoms with Crippen molar-refractivity contribution in [1.82, 2.24) is 24.6 Å². The van der Waals surface area contributed by atoms with Gasteiger partial charge in [-0.2, -0.15) is 0 Å². The summed E-state index contributed by atoms with van der Waals surface area (Å²) in [4.78, 5) is 29.4. The van der Waals surface area contributed by atoms with Crippen LogP contribution in [-0.2, 0) is 30.8 Å². The van der Waals surface area contributed by atoms with Crippen LogP contribution in [0.25, 0.3) is 11.0 Å². The van der Waals surface area contributed by atoms with E-state index in [1.165, 1.54) is 11.8 Å². The van der Waals surface area contributed by atoms with Gasteiger partial charge in [0.2, 0.25) is 5.91 Å². The molecule has 0 radical (unpaired) electrons. The number of unbranched alkanes of at least 4 members (excludes halogenated alkanes) is 1. The minimum Gasteiger partial charge on any atom is -0.472 e. The number of carboxylic acid groups (broad SMARTS) is 1. The van der Waals surface area contributed by atoms with Crippen LogP contribution in [0.1, 0.15) is 63.1 Å². The van der Waals surface area contributed by atoms with Crippen molar-refractivity contribution in [1.29, 1.82) is 0 Å². The minimum atomic E-state index is -1.01. The highest BCUT2D eigenvalue weighted by Crippen LogP contribution is 2.29. The van der Waals surface area contributed by atoms with Crippen molar-refractivity contribution in [3.8, 4) is 5.88 Å². The Hall–Kier alpha value is -4.67. The smallest absolute Gasteiger partial charge is 0.407 e. The molecule has 4 aromatic rings. The molecule has 11 nitrogen and oxygen atoms in total. The van der Waals surface area contributed by atoms with Gasteiger partial charge in [-0.15, -0.1) is 10.2 Å². The maximum absolute atomic E-state index is 12.0. The lowest BCUT2D eigenvalue weighted by atomic mass is 10.1. The fourth-order valence-corrected chi connectivity index (χ4v) is 4.55. The van der Waals surface area contributed by atoms with E-state index in [4.69, 9.17) is 15.5 Å². The van der Waals surface area contributed by atoms with E-state index in [0.29, 0.717) is 23.6 Å². The topological polar surface area (TPSA) is 148 Å². The number of carbonyl (C=O) groups is 2. The molecule has 0 aliphatic rings. The summed E-state index contributed by atoms with van der Waals surface area (Å²) < 4.78 is 8.06. The van der Waals surface area contributed by atoms with E-state index < -0.39 is 6.09 Å². The Bertz CT molecular complexity index is 1500. The van der Waals surface area contributed by atoms with Gasteiger partial charge in [-0.1, -0.05) is 49.7 Å². The zero-order valence-corrected chi connectivity index (χ0v) is 23.9. The van der Waals surface area contributed by atoms with Gasteiger partial charge >= 0.3 is 6.09 Å². The predicted octanol–water partition coefficient (Wildman–Crippen LogP) is 5.23. The van der Waals surface area contributed by atoms with E-state index >= 15 is 0 Å². The minimum absolute atomic E-state index is 0.0924. The Morgan fingerprint density at radius 3 is 2.20 bits per heavy atom. The van der Waals surface area contributed by atoms with E-state index in [1.54, 1.807) is 12.1 Å². The number of carbonyl (C=O) groups excluding carboxylic acids is 1. The number of nitrogens with two attached hydrogens (primary N) is 1. The van der Waals surface area contributed by atoms with Crippen molar-refractivity contribution in [3.05, 3.63) is 71.0 Å². The molecule has 11 heteroatoms. The number of rotatable bonds is 12. The number of nitrogens with zero attached hydrogens (tertiary/aromatic N) is 5. The Labute approximate surface area is 239 Å². The lowest BCUT2D eigenvalue weighted by molar-refractivity contribution is -0.114. The number of benzene rings is 2. The van der Waals surface area contributed by atoms with Crippen LogP contribution >= 0.6 is 0 Å². The van der Waals surface area contributed by atoms with E-state index in [2.05, 4.69) is 27.0 Å². The molecule has 0 bridgehead atoms. The van der Waals surface area contributed by atoms with Gasteiger partial charge in [0.15, 0.2) is 5.82 Å². The van der Waals surface area contributed by atoms with Crippen molar-refractivity contribution < 1.29 is 19.4 Å². The summed E-state index contributed by atoms with van der Waals surface area (Å²) in [5, 5.41) is 20.8. The largest absolute Gasteiger partial charge is 0.472 e. The van der Waals surface area contributed by atoms with Crippen LogP contribution in [0.2, 0.25) is 0 Å². The molecule has 0 unspecified atom stereocenters. The van der Waals surface area contributed by atoms with Crippen LogP contribution in [0.15, 0.2) is 48.5 Å². The second-order valence-corrected chi connectivity index (χ2v) is 10.3. The Balaban J connectivity index is 1.54. The number of nitrogens with one attached hydrogen (secondary N) is 1. The number of fused-ring (bicyclic) bond motifs is 1. The van der Waals surface area contributed by atoms with Crippen LogP contribution in [0.5, 0.6) is 5.88 Å². The van der Waals surface area contributed by atoms with Crippen LogP contribution in [0, 0.1) is 0 Å². The van der Waals surface area contributed by atoms with Gasteiger partial charge in [0.05, 0.1) is 6.10 Å². The van der Waals surface area contributed by atoms with Crippen molar-refractivity contribution >= 4 is 34.5 Å². The number of hydrogen-bond donors (Lipinski definition) is 3. The number of ether oxygens (including phenoxy) is 1. The van der Waals surface area contributed by atoms with Gasteiger partial charge in [0.1, 0.15) is 16.9 Å². The van der Waals surface area contributed by atoms with Crippen LogP contribution in [-0.4, -0.2) is 47.9 Å². The summed E-state index contributed by atoms with van der Waals surface area (Å²) in [7, 11) is 0. The molecule has 0 saturated carbocycles. The molecule has 0 aliphatic carbocycles. The normalized spacial score (nSPS) is 11.1. The lowest BCUT2D eigenvalue weighted by Crippen LogP contribution is -2.28. The average Bonchev–Trinajstić information content (AvgIpc) is 3.29. The summed E-state index contributed by atoms with van der Waals surface area (Å²) in [5.74, 6) is 1.40. The highest BCUT2D eigenvalue weighted by atomic mass is 16.5. The van der Waals surface area contributed by atoms with Gasteiger partial charge in [-0.3, -0.25) is 9.69 Å². The van der Waals surface area contributed by atoms with E-state index in [9.17, 15) is 14.7 Å². The lowest BCUT2D eigenvalue weighted by Gasteiger charge is -2.20. The molecule has 2 amide bonds. The summed E-state index contributed by atoms with van der Waals surface area (Å²) in [6.07, 6.45) is 1.68. The number of aryl methyl sites for hydroxylation is 1. The first-order valence-electron chi connectivity index (χ1n) is 13.7. The zero-order chi connectivity index (χ0) is 29.5. The second-order valence-electron chi connectivity index (χ2n) is 10.3. The molecule has 0 atom stereocenters. The first-order chi connectivity index (χ1) is 19.6. The molecule has 0 spiro atoms. The summed E-state index contributed by atoms with van der Waals surface area (Å²) in [6.45, 7) is 8.43. The molecular formula is C30H37N7O4. The van der Waals surface area contributed by atoms with Gasteiger partial charge in [0, 0.05) is 38.7 Å². The van der Waals surface area contributed by atoms with E-state index in [1.807, 2.05) is 50.2 Å². The second kappa shape index (κ2) is 13.1. The molecule has 2 heterocycles. The van der Waals surface area contributed by atoms with Crippen molar-refractivity contribution in [2.75, 3.05) is 11.1 Å². The van der Waals surface area contributed by atoms with Crippen molar-refractivity contribution in [2.45, 2.75) is 72.7 Å². The molecule has 216 valence electrons. The molecule has 41 heavy (non-hydrogen) atoms. The number of anilines is 2. The Morgan fingerprint density at radius 2 is 1.63 bits per heavy atom. The fraction of sp³-hybridized carbons (Fsp3) is 0.367. The highest BCUT2D eigenvalue weighted by molar-refractivity contribution is 5.89. The summed E-state index contributed by atoms with van der Waals surface area (Å²) in [6, 6.07) is 15.0. The first-order valence-corrected chi connectivity index (χ1v) is 13.7. The third-order valence-electron chi connectivity index (χ3n) is 6.50. The molecule has 0 fully saturated rings. The van der Waals surface area contributed by atoms with Crippen LogP contribution < -0.4 is 15.8 Å². The van der Waals surface area contributed by atoms with E-state index in [0.717, 1.165) is 47.3 Å². The summed E-state index contributed by atoms with van der Waals surface area (Å²) >= 11 is 0. The maximum atomic E-state index is 12.0. The first kappa shape index (κ1) is 29.3. The third kappa shape index (κ3) is 7.50. The quantitative estimate of drug-likeness (QED) is 0.214. The molecule has 2 aromatic carbocycles. The SMILES string of the molecule is CCCCc1nc2c(N)nnc(OC(C)C)c2n1Cc1ccc(CN(Cc2ccc(NC(C)=O)cc2)C(=O)O)cc1. The molecule has 4 rings (SSSR count). The molecule has 0 aliphatic heterocycles. The van der Waals surface area contributed by atoms with Gasteiger partial charge < -0.3 is 25.5 Å². The Morgan fingerprint density at radius 1 is 1.02 bits per heavy atom. The average molecular weight is 560 g/mol. The molecule has 2 aromatic heterocycles. The van der Waals surface area contributed by atoms with Crippen LogP contribution in [0.3, 0.4) is 0 Å². The molecular weight excluding hydrogens is 522 g/mol. The number of imidazole rings is 1. The predicted molar refractivity (Wildman–Crippen MR) is 158 cm³/mol. The molecule has 4 N–H and O–H groups in total.